The molecule has 0 aliphatic carbocycles. The van der Waals surface area contributed by atoms with Gasteiger partial charge < -0.3 is 4.74 Å². The van der Waals surface area contributed by atoms with E-state index in [0.29, 0.717) is 11.8 Å². The average Bonchev–Trinajstić information content (AvgIpc) is 2.65. The van der Waals surface area contributed by atoms with Crippen molar-refractivity contribution in [2.75, 3.05) is 7.11 Å². The van der Waals surface area contributed by atoms with E-state index in [0.717, 1.165) is 10.7 Å². The van der Waals surface area contributed by atoms with Gasteiger partial charge in [0.1, 0.15) is 10.3 Å². The topological polar surface area (TPSA) is 29.9 Å². The molecule has 96 valence electrons. The van der Waals surface area contributed by atoms with Gasteiger partial charge in [-0.15, -0.1) is 0 Å². The van der Waals surface area contributed by atoms with E-state index in [-0.39, 0.29) is 16.9 Å². The van der Waals surface area contributed by atoms with Crippen LogP contribution in [0.15, 0.2) is 18.2 Å². The van der Waals surface area contributed by atoms with Crippen LogP contribution in [-0.4, -0.2) is 16.9 Å². The molecule has 0 spiro atoms. The fraction of sp³-hybridized carbons (Fsp3) is 0.182. The SMILES string of the molecule is COCc1cc(=S)n(-c2cc(F)c(F)cc2F)[nH]1. The molecule has 0 aliphatic rings. The molecule has 2 rings (SSSR count). The van der Waals surface area contributed by atoms with E-state index in [1.54, 1.807) is 6.07 Å². The molecule has 0 bridgehead atoms. The Morgan fingerprint density at radius 2 is 1.83 bits per heavy atom. The maximum atomic E-state index is 13.6. The lowest BCUT2D eigenvalue weighted by Gasteiger charge is -2.05. The van der Waals surface area contributed by atoms with Crippen LogP contribution in [0.4, 0.5) is 13.2 Å². The molecule has 3 nitrogen and oxygen atoms in total. The van der Waals surface area contributed by atoms with E-state index < -0.39 is 17.5 Å². The van der Waals surface area contributed by atoms with Crippen LogP contribution in [0.3, 0.4) is 0 Å². The van der Waals surface area contributed by atoms with E-state index >= 15 is 0 Å². The quantitative estimate of drug-likeness (QED) is 0.688. The monoisotopic (exact) mass is 274 g/mol. The van der Waals surface area contributed by atoms with E-state index in [2.05, 4.69) is 5.10 Å². The van der Waals surface area contributed by atoms with Gasteiger partial charge in [-0.1, -0.05) is 12.2 Å². The van der Waals surface area contributed by atoms with Crippen molar-refractivity contribution in [3.8, 4) is 5.69 Å². The van der Waals surface area contributed by atoms with Gasteiger partial charge in [-0.2, -0.15) is 0 Å². The second kappa shape index (κ2) is 4.95. The van der Waals surface area contributed by atoms with Crippen molar-refractivity contribution in [1.82, 2.24) is 9.78 Å². The highest BCUT2D eigenvalue weighted by Crippen LogP contribution is 2.18. The van der Waals surface area contributed by atoms with Crippen molar-refractivity contribution >= 4 is 12.2 Å². The van der Waals surface area contributed by atoms with Gasteiger partial charge in [-0.05, 0) is 6.07 Å². The minimum atomic E-state index is -1.24. The Morgan fingerprint density at radius 3 is 2.50 bits per heavy atom. The highest BCUT2D eigenvalue weighted by Gasteiger charge is 2.13. The Morgan fingerprint density at radius 1 is 1.17 bits per heavy atom. The van der Waals surface area contributed by atoms with Crippen LogP contribution < -0.4 is 0 Å². The summed E-state index contributed by atoms with van der Waals surface area (Å²) >= 11 is 5.00. The van der Waals surface area contributed by atoms with E-state index in [1.165, 1.54) is 7.11 Å². The summed E-state index contributed by atoms with van der Waals surface area (Å²) in [4.78, 5) is 0. The van der Waals surface area contributed by atoms with Crippen LogP contribution in [0.2, 0.25) is 0 Å². The van der Waals surface area contributed by atoms with Gasteiger partial charge in [0.15, 0.2) is 17.5 Å². The Hall–Kier alpha value is -1.60. The number of H-pyrrole nitrogens is 1. The molecule has 0 aliphatic heterocycles. The standard InChI is InChI=1S/C11H9F3N2OS/c1-17-5-6-2-11(18)16(15-6)10-4-8(13)7(12)3-9(10)14/h2-4,15H,5H2,1H3. The molecule has 0 unspecified atom stereocenters. The molecular formula is C11H9F3N2OS. The Kier molecular flexibility index (Phi) is 3.53. The number of ether oxygens (including phenoxy) is 1. The van der Waals surface area contributed by atoms with Crippen LogP contribution in [-0.2, 0) is 11.3 Å². The molecule has 0 saturated heterocycles. The van der Waals surface area contributed by atoms with Crippen LogP contribution >= 0.6 is 12.2 Å². The summed E-state index contributed by atoms with van der Waals surface area (Å²) in [5.74, 6) is -3.29. The summed E-state index contributed by atoms with van der Waals surface area (Å²) in [5.41, 5.74) is 0.424. The second-order valence-electron chi connectivity index (χ2n) is 3.61. The molecule has 7 heteroatoms. The molecular weight excluding hydrogens is 265 g/mol. The third-order valence-corrected chi connectivity index (χ3v) is 2.60. The normalized spacial score (nSPS) is 10.9. The number of nitrogens with one attached hydrogen (secondary N) is 1. The van der Waals surface area contributed by atoms with Crippen molar-refractivity contribution in [1.29, 1.82) is 0 Å². The number of methoxy groups -OCH3 is 1. The van der Waals surface area contributed by atoms with Crippen molar-refractivity contribution in [2.24, 2.45) is 0 Å². The van der Waals surface area contributed by atoms with Crippen molar-refractivity contribution in [3.63, 3.8) is 0 Å². The summed E-state index contributed by atoms with van der Waals surface area (Å²) in [5, 5.41) is 2.74. The van der Waals surface area contributed by atoms with Gasteiger partial charge in [0, 0.05) is 19.2 Å². The van der Waals surface area contributed by atoms with Gasteiger partial charge in [-0.3, -0.25) is 5.10 Å². The first kappa shape index (κ1) is 12.8. The summed E-state index contributed by atoms with van der Waals surface area (Å²) in [6.45, 7) is 0.252. The number of hydrogen-bond acceptors (Lipinski definition) is 2. The first-order chi connectivity index (χ1) is 8.52. The zero-order valence-electron chi connectivity index (χ0n) is 9.34. The number of benzene rings is 1. The maximum absolute atomic E-state index is 13.6. The smallest absolute Gasteiger partial charge is 0.161 e. The molecule has 0 saturated carbocycles. The molecule has 0 radical (unpaired) electrons. The van der Waals surface area contributed by atoms with Gasteiger partial charge in [0.25, 0.3) is 0 Å². The molecule has 1 N–H and O–H groups in total. The predicted octanol–water partition coefficient (Wildman–Crippen LogP) is 3.10. The Labute approximate surface area is 106 Å². The number of nitrogens with zero attached hydrogens (tertiary/aromatic N) is 1. The molecule has 1 aromatic carbocycles. The lowest BCUT2D eigenvalue weighted by Crippen LogP contribution is -2.03. The van der Waals surface area contributed by atoms with E-state index in [1.807, 2.05) is 0 Å². The number of rotatable bonds is 3. The van der Waals surface area contributed by atoms with Crippen LogP contribution in [0.25, 0.3) is 5.69 Å². The summed E-state index contributed by atoms with van der Waals surface area (Å²) in [6, 6.07) is 2.77. The Balaban J connectivity index is 2.55. The minimum absolute atomic E-state index is 0.179. The fourth-order valence-corrected chi connectivity index (χ4v) is 1.82. The number of aromatic nitrogens is 2. The lowest BCUT2D eigenvalue weighted by molar-refractivity contribution is 0.181. The molecule has 0 fully saturated rings. The number of halogens is 3. The van der Waals surface area contributed by atoms with Crippen molar-refractivity contribution in [2.45, 2.75) is 6.61 Å². The van der Waals surface area contributed by atoms with Gasteiger partial charge in [0.05, 0.1) is 12.3 Å². The van der Waals surface area contributed by atoms with E-state index in [9.17, 15) is 13.2 Å². The molecule has 18 heavy (non-hydrogen) atoms. The molecule has 1 aromatic heterocycles. The molecule has 2 aromatic rings. The third kappa shape index (κ3) is 2.32. The third-order valence-electron chi connectivity index (χ3n) is 2.30. The zero-order chi connectivity index (χ0) is 13.3. The number of aromatic amines is 1. The summed E-state index contributed by atoms with van der Waals surface area (Å²) in [6.07, 6.45) is 0. The average molecular weight is 274 g/mol. The van der Waals surface area contributed by atoms with E-state index in [4.69, 9.17) is 17.0 Å². The molecule has 1 heterocycles. The lowest BCUT2D eigenvalue weighted by atomic mass is 10.3. The van der Waals surface area contributed by atoms with Gasteiger partial charge >= 0.3 is 0 Å². The zero-order valence-corrected chi connectivity index (χ0v) is 10.2. The predicted molar refractivity (Wildman–Crippen MR) is 61.5 cm³/mol. The Bertz CT molecular complexity index is 636. The first-order valence-corrected chi connectivity index (χ1v) is 5.38. The van der Waals surface area contributed by atoms with Gasteiger partial charge in [-0.25, -0.2) is 17.9 Å². The van der Waals surface area contributed by atoms with Crippen molar-refractivity contribution in [3.05, 3.63) is 46.0 Å². The first-order valence-electron chi connectivity index (χ1n) is 4.97. The van der Waals surface area contributed by atoms with Gasteiger partial charge in [0.2, 0.25) is 0 Å². The summed E-state index contributed by atoms with van der Waals surface area (Å²) in [7, 11) is 1.49. The van der Waals surface area contributed by atoms with Crippen LogP contribution in [0.5, 0.6) is 0 Å². The summed E-state index contributed by atoms with van der Waals surface area (Å²) < 4.78 is 45.8. The highest BCUT2D eigenvalue weighted by atomic mass is 32.1. The number of hydrogen-bond donors (Lipinski definition) is 1. The van der Waals surface area contributed by atoms with Crippen LogP contribution in [0.1, 0.15) is 5.69 Å². The highest BCUT2D eigenvalue weighted by molar-refractivity contribution is 7.71. The van der Waals surface area contributed by atoms with Crippen LogP contribution in [0, 0.1) is 22.1 Å². The fourth-order valence-electron chi connectivity index (χ4n) is 1.54. The maximum Gasteiger partial charge on any atom is 0.161 e. The second-order valence-corrected chi connectivity index (χ2v) is 4.02. The van der Waals surface area contributed by atoms with Crippen molar-refractivity contribution < 1.29 is 17.9 Å². The molecule has 0 amide bonds. The molecule has 0 atom stereocenters. The largest absolute Gasteiger partial charge is 0.378 e. The minimum Gasteiger partial charge on any atom is -0.378 e.